The van der Waals surface area contributed by atoms with E-state index in [0.29, 0.717) is 11.3 Å². The second-order valence-electron chi connectivity index (χ2n) is 4.38. The third kappa shape index (κ3) is 4.49. The zero-order chi connectivity index (χ0) is 15.9. The van der Waals surface area contributed by atoms with Crippen LogP contribution in [0.2, 0.25) is 0 Å². The molecular weight excluding hydrogens is 294 g/mol. The van der Waals surface area contributed by atoms with Crippen LogP contribution >= 0.6 is 0 Å². The van der Waals surface area contributed by atoms with Crippen molar-refractivity contribution in [3.05, 3.63) is 53.7 Å². The van der Waals surface area contributed by atoms with Crippen molar-refractivity contribution < 1.29 is 23.4 Å². The van der Waals surface area contributed by atoms with Gasteiger partial charge in [-0.25, -0.2) is 13.8 Å². The van der Waals surface area contributed by atoms with Crippen LogP contribution in [0.3, 0.4) is 0 Å². The molecule has 1 aromatic heterocycles. The lowest BCUT2D eigenvalue weighted by atomic mass is 10.2. The van der Waals surface area contributed by atoms with Crippen molar-refractivity contribution in [2.75, 3.05) is 11.9 Å². The number of carbonyl (C=O) groups is 1. The number of anilines is 1. The lowest BCUT2D eigenvalue weighted by Crippen LogP contribution is -2.15. The number of halogens is 2. The highest BCUT2D eigenvalue weighted by Crippen LogP contribution is 2.14. The molecule has 5 nitrogen and oxygen atoms in total. The second kappa shape index (κ2) is 7.46. The van der Waals surface area contributed by atoms with Gasteiger partial charge in [-0.3, -0.25) is 4.79 Å². The number of nitrogens with zero attached hydrogens (tertiary/aromatic N) is 1. The van der Waals surface area contributed by atoms with E-state index in [4.69, 9.17) is 9.84 Å². The molecule has 0 atom stereocenters. The Morgan fingerprint density at radius 2 is 2.05 bits per heavy atom. The van der Waals surface area contributed by atoms with Crippen LogP contribution in [-0.4, -0.2) is 29.0 Å². The maximum atomic E-state index is 12.1. The number of ether oxygens (including phenoxy) is 1. The summed E-state index contributed by atoms with van der Waals surface area (Å²) < 4.78 is 28.9. The maximum Gasteiger partial charge on any atom is 0.274 e. The van der Waals surface area contributed by atoms with Crippen molar-refractivity contribution in [3.63, 3.8) is 0 Å². The highest BCUT2D eigenvalue weighted by atomic mass is 19.3. The average Bonchev–Trinajstić information content (AvgIpc) is 2.53. The molecule has 0 bridgehead atoms. The van der Waals surface area contributed by atoms with Gasteiger partial charge in [0.15, 0.2) is 6.61 Å². The first-order valence-corrected chi connectivity index (χ1v) is 6.47. The van der Waals surface area contributed by atoms with E-state index in [1.54, 1.807) is 24.3 Å². The number of aliphatic hydroxyl groups excluding tert-OH is 1. The molecule has 0 aliphatic rings. The Labute approximate surface area is 125 Å². The van der Waals surface area contributed by atoms with Crippen molar-refractivity contribution in [2.45, 2.75) is 13.0 Å². The van der Waals surface area contributed by atoms with Crippen LogP contribution in [0, 0.1) is 0 Å². The lowest BCUT2D eigenvalue weighted by molar-refractivity contribution is 0.0794. The number of hydrogen-bond donors (Lipinski definition) is 2. The van der Waals surface area contributed by atoms with Crippen LogP contribution < -0.4 is 10.1 Å². The van der Waals surface area contributed by atoms with Gasteiger partial charge in [-0.2, -0.15) is 0 Å². The monoisotopic (exact) mass is 308 g/mol. The summed E-state index contributed by atoms with van der Waals surface area (Å²) in [5.74, 6) is -0.547. The third-order valence-corrected chi connectivity index (χ3v) is 2.68. The molecule has 2 rings (SSSR count). The Morgan fingerprint density at radius 1 is 1.27 bits per heavy atom. The van der Waals surface area contributed by atoms with Gasteiger partial charge in [-0.05, 0) is 23.8 Å². The molecule has 116 valence electrons. The quantitative estimate of drug-likeness (QED) is 0.860. The first-order valence-electron chi connectivity index (χ1n) is 6.47. The lowest BCUT2D eigenvalue weighted by Gasteiger charge is -2.08. The SMILES string of the molecule is O=C(Nc1cccc(CO)c1)c1cccc(OCC(F)F)n1. The fourth-order valence-corrected chi connectivity index (χ4v) is 1.71. The molecule has 0 saturated carbocycles. The number of alkyl halides is 2. The Kier molecular flexibility index (Phi) is 5.37. The van der Waals surface area contributed by atoms with E-state index in [0.717, 1.165) is 0 Å². The molecule has 1 heterocycles. The van der Waals surface area contributed by atoms with Crippen molar-refractivity contribution in [2.24, 2.45) is 0 Å². The van der Waals surface area contributed by atoms with E-state index in [1.165, 1.54) is 18.2 Å². The number of benzene rings is 1. The molecule has 0 unspecified atom stereocenters. The smallest absolute Gasteiger partial charge is 0.274 e. The molecule has 22 heavy (non-hydrogen) atoms. The number of carbonyl (C=O) groups excluding carboxylic acids is 1. The van der Waals surface area contributed by atoms with E-state index in [9.17, 15) is 13.6 Å². The van der Waals surface area contributed by atoms with Crippen molar-refractivity contribution in [3.8, 4) is 5.88 Å². The Bertz CT molecular complexity index is 650. The minimum absolute atomic E-state index is 0.0427. The highest BCUT2D eigenvalue weighted by molar-refractivity contribution is 6.02. The first kappa shape index (κ1) is 15.8. The van der Waals surface area contributed by atoms with Crippen molar-refractivity contribution in [1.82, 2.24) is 4.98 Å². The number of hydrogen-bond acceptors (Lipinski definition) is 4. The predicted octanol–water partition coefficient (Wildman–Crippen LogP) is 2.47. The van der Waals surface area contributed by atoms with Crippen LogP contribution in [0.1, 0.15) is 16.1 Å². The summed E-state index contributed by atoms with van der Waals surface area (Å²) >= 11 is 0. The molecule has 0 fully saturated rings. The normalized spacial score (nSPS) is 10.5. The van der Waals surface area contributed by atoms with Crippen LogP contribution in [0.25, 0.3) is 0 Å². The average molecular weight is 308 g/mol. The largest absolute Gasteiger partial charge is 0.472 e. The third-order valence-electron chi connectivity index (χ3n) is 2.68. The van der Waals surface area contributed by atoms with Gasteiger partial charge in [-0.15, -0.1) is 0 Å². The van der Waals surface area contributed by atoms with Gasteiger partial charge < -0.3 is 15.2 Å². The number of aliphatic hydroxyl groups is 1. The van der Waals surface area contributed by atoms with Gasteiger partial charge in [-0.1, -0.05) is 18.2 Å². The molecule has 2 N–H and O–H groups in total. The minimum Gasteiger partial charge on any atom is -0.472 e. The topological polar surface area (TPSA) is 71.5 Å². The second-order valence-corrected chi connectivity index (χ2v) is 4.38. The Balaban J connectivity index is 2.07. The summed E-state index contributed by atoms with van der Waals surface area (Å²) in [6, 6.07) is 11.0. The molecule has 0 radical (unpaired) electrons. The molecule has 0 aliphatic carbocycles. The molecule has 0 spiro atoms. The minimum atomic E-state index is -2.61. The molecule has 0 saturated heterocycles. The molecule has 1 amide bonds. The zero-order valence-electron chi connectivity index (χ0n) is 11.5. The van der Waals surface area contributed by atoms with E-state index in [1.807, 2.05) is 0 Å². The van der Waals surface area contributed by atoms with E-state index in [2.05, 4.69) is 10.3 Å². The Hall–Kier alpha value is -2.54. The summed E-state index contributed by atoms with van der Waals surface area (Å²) in [7, 11) is 0. The molecular formula is C15H14F2N2O3. The fraction of sp³-hybridized carbons (Fsp3) is 0.200. The summed E-state index contributed by atoms with van der Waals surface area (Å²) in [6.07, 6.45) is -2.61. The number of nitrogens with one attached hydrogen (secondary N) is 1. The van der Waals surface area contributed by atoms with Gasteiger partial charge in [0.05, 0.1) is 6.61 Å². The number of pyridine rings is 1. The number of amides is 1. The first-order chi connectivity index (χ1) is 10.6. The standard InChI is InChI=1S/C15H14F2N2O3/c16-13(17)9-22-14-6-2-5-12(19-14)15(21)18-11-4-1-3-10(7-11)8-20/h1-7,13,20H,8-9H2,(H,18,21). The predicted molar refractivity (Wildman–Crippen MR) is 76.1 cm³/mol. The number of aromatic nitrogens is 1. The Morgan fingerprint density at radius 3 is 2.77 bits per heavy atom. The van der Waals surface area contributed by atoms with E-state index in [-0.39, 0.29) is 18.2 Å². The summed E-state index contributed by atoms with van der Waals surface area (Å²) in [6.45, 7) is -0.921. The number of rotatable bonds is 6. The molecule has 0 aliphatic heterocycles. The summed E-state index contributed by atoms with van der Waals surface area (Å²) in [5, 5.41) is 11.7. The molecule has 2 aromatic rings. The van der Waals surface area contributed by atoms with Gasteiger partial charge in [0.1, 0.15) is 5.69 Å². The molecule has 7 heteroatoms. The summed E-state index contributed by atoms with van der Waals surface area (Å²) in [5.41, 5.74) is 1.19. The zero-order valence-corrected chi connectivity index (χ0v) is 11.5. The van der Waals surface area contributed by atoms with E-state index >= 15 is 0 Å². The molecule has 1 aromatic carbocycles. The fourth-order valence-electron chi connectivity index (χ4n) is 1.71. The maximum absolute atomic E-state index is 12.1. The van der Waals surface area contributed by atoms with Crippen molar-refractivity contribution in [1.29, 1.82) is 0 Å². The van der Waals surface area contributed by atoms with Gasteiger partial charge in [0.25, 0.3) is 12.3 Å². The van der Waals surface area contributed by atoms with Crippen molar-refractivity contribution >= 4 is 11.6 Å². The van der Waals surface area contributed by atoms with Crippen LogP contribution in [0.15, 0.2) is 42.5 Å². The van der Waals surface area contributed by atoms with Gasteiger partial charge >= 0.3 is 0 Å². The van der Waals surface area contributed by atoms with Crippen LogP contribution in [0.4, 0.5) is 14.5 Å². The van der Waals surface area contributed by atoms with Crippen LogP contribution in [0.5, 0.6) is 5.88 Å². The van der Waals surface area contributed by atoms with E-state index < -0.39 is 18.9 Å². The highest BCUT2D eigenvalue weighted by Gasteiger charge is 2.10. The summed E-state index contributed by atoms with van der Waals surface area (Å²) in [4.78, 5) is 15.9. The van der Waals surface area contributed by atoms with Gasteiger partial charge in [0.2, 0.25) is 5.88 Å². The van der Waals surface area contributed by atoms with Crippen LogP contribution in [-0.2, 0) is 6.61 Å². The van der Waals surface area contributed by atoms with Gasteiger partial charge in [0, 0.05) is 11.8 Å².